The number of hydrogen-bond acceptors (Lipinski definition) is 9. The van der Waals surface area contributed by atoms with E-state index in [0.29, 0.717) is 13.7 Å². The number of rotatable bonds is 6. The maximum Gasteiger partial charge on any atom is 0.340 e. The van der Waals surface area contributed by atoms with E-state index in [2.05, 4.69) is 19.7 Å². The number of carbonyl (C=O) groups is 3. The second-order valence-electron chi connectivity index (χ2n) is 5.81. The van der Waals surface area contributed by atoms with Crippen LogP contribution in [0.2, 0.25) is 0 Å². The Morgan fingerprint density at radius 2 is 0.697 bits per heavy atom. The van der Waals surface area contributed by atoms with Gasteiger partial charge in [0.15, 0.2) is 0 Å². The first-order chi connectivity index (χ1) is 15.0. The molecular formula is C18H27N3O12. The molecule has 0 saturated heterocycles. The van der Waals surface area contributed by atoms with Crippen LogP contribution in [-0.2, 0) is 34.6 Å². The van der Waals surface area contributed by atoms with Gasteiger partial charge in [-0.25, -0.2) is 42.5 Å². The molecule has 0 amide bonds. The van der Waals surface area contributed by atoms with E-state index in [9.17, 15) is 28.8 Å². The summed E-state index contributed by atoms with van der Waals surface area (Å²) in [7, 11) is 0. The predicted octanol–water partition coefficient (Wildman–Crippen LogP) is -2.04. The average molecular weight is 477 g/mol. The average Bonchev–Trinajstić information content (AvgIpc) is 2.70. The lowest BCUT2D eigenvalue weighted by Gasteiger charge is -2.08. The van der Waals surface area contributed by atoms with Gasteiger partial charge >= 0.3 is 35.0 Å². The van der Waals surface area contributed by atoms with Gasteiger partial charge in [0.05, 0.1) is 0 Å². The molecule has 0 aliphatic carbocycles. The molecule has 0 atom stereocenters. The van der Waals surface area contributed by atoms with E-state index in [1.807, 2.05) is 0 Å². The normalized spacial score (nSPS) is 8.91. The molecule has 0 spiro atoms. The van der Waals surface area contributed by atoms with E-state index >= 15 is 0 Å². The summed E-state index contributed by atoms with van der Waals surface area (Å²) in [6.45, 7) is 11.0. The van der Waals surface area contributed by atoms with E-state index in [1.54, 1.807) is 0 Å². The number of aliphatic hydroxyl groups is 3. The van der Waals surface area contributed by atoms with Gasteiger partial charge in [-0.05, 0) is 20.8 Å². The molecule has 1 aromatic rings. The first-order valence-electron chi connectivity index (χ1n) is 8.45. The molecule has 15 nitrogen and oxygen atoms in total. The summed E-state index contributed by atoms with van der Waals surface area (Å²) in [6, 6.07) is 0. The Morgan fingerprint density at radius 1 is 0.576 bits per heavy atom. The molecule has 1 rings (SSSR count). The Labute approximate surface area is 186 Å². The van der Waals surface area contributed by atoms with Crippen LogP contribution in [0.5, 0.6) is 0 Å². The van der Waals surface area contributed by atoms with E-state index in [1.165, 1.54) is 20.8 Å². The molecule has 15 heteroatoms. The van der Waals surface area contributed by atoms with Gasteiger partial charge < -0.3 is 30.6 Å². The fourth-order valence-electron chi connectivity index (χ4n) is 1.05. The predicted molar refractivity (Wildman–Crippen MR) is 113 cm³/mol. The molecular weight excluding hydrogens is 450 g/mol. The number of aromatic nitrogens is 3. The van der Waals surface area contributed by atoms with Crippen LogP contribution in [0.3, 0.4) is 0 Å². The number of carboxylic acids is 3. The van der Waals surface area contributed by atoms with E-state index in [0.717, 1.165) is 0 Å². The van der Waals surface area contributed by atoms with Crippen molar-refractivity contribution in [1.82, 2.24) is 13.7 Å². The number of hydrogen-bond donors (Lipinski definition) is 6. The fraction of sp³-hybridized carbons (Fsp3) is 0.333. The van der Waals surface area contributed by atoms with Crippen molar-refractivity contribution in [2.45, 2.75) is 41.0 Å². The van der Waals surface area contributed by atoms with Crippen molar-refractivity contribution in [1.29, 1.82) is 0 Å². The summed E-state index contributed by atoms with van der Waals surface area (Å²) in [5.74, 6) is -2.81. The molecule has 0 fully saturated rings. The molecule has 33 heavy (non-hydrogen) atoms. The molecule has 1 heterocycles. The lowest BCUT2D eigenvalue weighted by Crippen LogP contribution is -2.54. The Bertz CT molecular complexity index is 859. The minimum atomic E-state index is -1.14. The molecule has 0 aliphatic rings. The Morgan fingerprint density at radius 3 is 0.758 bits per heavy atom. The summed E-state index contributed by atoms with van der Waals surface area (Å²) in [6.07, 6.45) is 0. The van der Waals surface area contributed by atoms with Crippen LogP contribution in [0.15, 0.2) is 50.8 Å². The van der Waals surface area contributed by atoms with Gasteiger partial charge in [0.25, 0.3) is 0 Å². The van der Waals surface area contributed by atoms with Gasteiger partial charge in [0.1, 0.15) is 20.2 Å². The van der Waals surface area contributed by atoms with Gasteiger partial charge in [0, 0.05) is 16.7 Å². The van der Waals surface area contributed by atoms with E-state index in [4.69, 9.17) is 30.6 Å². The highest BCUT2D eigenvalue weighted by atomic mass is 16.4. The van der Waals surface area contributed by atoms with Gasteiger partial charge in [-0.1, -0.05) is 19.7 Å². The number of aliphatic hydroxyl groups excluding tert-OH is 3. The molecule has 0 aromatic carbocycles. The SMILES string of the molecule is C=C(C)C(=O)O.C=C(C)C(=O)O.C=C(C)C(=O)O.O=c1n(CO)c(=O)n(CO)c(=O)n1CO. The second kappa shape index (κ2) is 16.6. The van der Waals surface area contributed by atoms with Crippen LogP contribution < -0.4 is 17.1 Å². The Kier molecular flexibility index (Phi) is 16.9. The molecule has 0 unspecified atom stereocenters. The van der Waals surface area contributed by atoms with Crippen molar-refractivity contribution in [2.75, 3.05) is 0 Å². The Hall–Kier alpha value is -4.08. The van der Waals surface area contributed by atoms with Crippen LogP contribution in [0.4, 0.5) is 0 Å². The highest BCUT2D eigenvalue weighted by Gasteiger charge is 2.12. The van der Waals surface area contributed by atoms with Gasteiger partial charge in [-0.3, -0.25) is 0 Å². The highest BCUT2D eigenvalue weighted by Crippen LogP contribution is 1.82. The third-order valence-electron chi connectivity index (χ3n) is 2.90. The van der Waals surface area contributed by atoms with Crippen LogP contribution in [0.25, 0.3) is 0 Å². The molecule has 0 aliphatic heterocycles. The van der Waals surface area contributed by atoms with E-state index in [-0.39, 0.29) is 16.7 Å². The number of nitrogens with zero attached hydrogens (tertiary/aromatic N) is 3. The second-order valence-corrected chi connectivity index (χ2v) is 5.81. The highest BCUT2D eigenvalue weighted by molar-refractivity contribution is 5.85. The molecule has 6 N–H and O–H groups in total. The zero-order chi connectivity index (χ0) is 27.0. The summed E-state index contributed by atoms with van der Waals surface area (Å²) in [5, 5.41) is 49.8. The quantitative estimate of drug-likeness (QED) is 0.243. The van der Waals surface area contributed by atoms with Crippen LogP contribution >= 0.6 is 0 Å². The topological polar surface area (TPSA) is 239 Å². The Balaban J connectivity index is -0.000000417. The van der Waals surface area contributed by atoms with Crippen molar-refractivity contribution < 1.29 is 45.0 Å². The van der Waals surface area contributed by atoms with Gasteiger partial charge in [-0.2, -0.15) is 0 Å². The van der Waals surface area contributed by atoms with Crippen molar-refractivity contribution in [2.24, 2.45) is 0 Å². The smallest absolute Gasteiger partial charge is 0.340 e. The van der Waals surface area contributed by atoms with Gasteiger partial charge in [-0.15, -0.1) is 0 Å². The van der Waals surface area contributed by atoms with Crippen molar-refractivity contribution in [3.05, 3.63) is 67.9 Å². The zero-order valence-corrected chi connectivity index (χ0v) is 18.2. The van der Waals surface area contributed by atoms with Crippen LogP contribution in [-0.4, -0.2) is 62.2 Å². The summed E-state index contributed by atoms with van der Waals surface area (Å²) in [4.78, 5) is 62.6. The van der Waals surface area contributed by atoms with Crippen LogP contribution in [0, 0.1) is 0 Å². The van der Waals surface area contributed by atoms with Crippen molar-refractivity contribution in [3.8, 4) is 0 Å². The minimum absolute atomic E-state index is 0.176. The molecule has 0 saturated carbocycles. The standard InChI is InChI=1S/C6H9N3O6.3C4H6O2/c10-1-7-4(13)8(2-11)6(15)9(3-12)5(7)14;3*1-3(2)4(5)6/h10-12H,1-3H2;3*1H2,2H3,(H,5,6). The monoisotopic (exact) mass is 477 g/mol. The van der Waals surface area contributed by atoms with E-state index < -0.39 is 55.2 Å². The summed E-state index contributed by atoms with van der Waals surface area (Å²) in [5.41, 5.74) is -2.89. The molecule has 0 radical (unpaired) electrons. The number of aliphatic carboxylic acids is 3. The largest absolute Gasteiger partial charge is 0.478 e. The molecule has 0 bridgehead atoms. The summed E-state index contributed by atoms with van der Waals surface area (Å²) < 4.78 is 0.898. The fourth-order valence-corrected chi connectivity index (χ4v) is 1.05. The van der Waals surface area contributed by atoms with Gasteiger partial charge in [0.2, 0.25) is 0 Å². The minimum Gasteiger partial charge on any atom is -0.478 e. The third-order valence-corrected chi connectivity index (χ3v) is 2.90. The maximum absolute atomic E-state index is 11.3. The lowest BCUT2D eigenvalue weighted by atomic mass is 10.4. The lowest BCUT2D eigenvalue weighted by molar-refractivity contribution is -0.133. The van der Waals surface area contributed by atoms with Crippen molar-refractivity contribution >= 4 is 17.9 Å². The first-order valence-corrected chi connectivity index (χ1v) is 8.45. The van der Waals surface area contributed by atoms with Crippen LogP contribution in [0.1, 0.15) is 20.8 Å². The number of carboxylic acid groups (broad SMARTS) is 3. The molecule has 186 valence electrons. The summed E-state index contributed by atoms with van der Waals surface area (Å²) >= 11 is 0. The third kappa shape index (κ3) is 13.0. The zero-order valence-electron chi connectivity index (χ0n) is 18.2. The maximum atomic E-state index is 11.3. The van der Waals surface area contributed by atoms with Crippen molar-refractivity contribution in [3.63, 3.8) is 0 Å². The molecule has 1 aromatic heterocycles. The first kappa shape index (κ1) is 33.6.